The number of benzene rings is 1. The molecule has 19 heavy (non-hydrogen) atoms. The minimum atomic E-state index is -0.242. The Morgan fingerprint density at radius 1 is 1.37 bits per heavy atom. The van der Waals surface area contributed by atoms with E-state index in [-0.39, 0.29) is 5.91 Å². The summed E-state index contributed by atoms with van der Waals surface area (Å²) in [5.41, 5.74) is 3.59. The zero-order valence-electron chi connectivity index (χ0n) is 10.6. The molecule has 5 heteroatoms. The molecule has 1 N–H and O–H groups in total. The number of anilines is 2. The monoisotopic (exact) mass is 254 g/mol. The molecule has 1 aromatic heterocycles. The lowest BCUT2D eigenvalue weighted by molar-refractivity contribution is 0.102. The van der Waals surface area contributed by atoms with Gasteiger partial charge in [-0.1, -0.05) is 6.07 Å². The first-order chi connectivity index (χ1) is 9.24. The number of carbonyl (C=O) groups is 1. The van der Waals surface area contributed by atoms with E-state index in [9.17, 15) is 4.79 Å². The molecule has 0 aliphatic carbocycles. The van der Waals surface area contributed by atoms with Gasteiger partial charge < -0.3 is 10.2 Å². The molecule has 1 aliphatic heterocycles. The van der Waals surface area contributed by atoms with Crippen LogP contribution in [0, 0.1) is 0 Å². The molecule has 1 aliphatic rings. The van der Waals surface area contributed by atoms with Crippen LogP contribution in [0.2, 0.25) is 0 Å². The second-order valence-corrected chi connectivity index (χ2v) is 4.56. The quantitative estimate of drug-likeness (QED) is 0.886. The summed E-state index contributed by atoms with van der Waals surface area (Å²) in [6.45, 7) is 1.02. The fourth-order valence-corrected chi connectivity index (χ4v) is 2.23. The molecular formula is C14H14N4O. The Kier molecular flexibility index (Phi) is 2.87. The van der Waals surface area contributed by atoms with Gasteiger partial charge in [-0.3, -0.25) is 9.78 Å². The largest absolute Gasteiger partial charge is 0.374 e. The van der Waals surface area contributed by atoms with Gasteiger partial charge in [-0.15, -0.1) is 0 Å². The molecule has 5 nitrogen and oxygen atoms in total. The van der Waals surface area contributed by atoms with Crippen LogP contribution in [-0.2, 0) is 6.42 Å². The minimum absolute atomic E-state index is 0.242. The summed E-state index contributed by atoms with van der Waals surface area (Å²) in [5, 5.41) is 2.84. The lowest BCUT2D eigenvalue weighted by atomic mass is 10.1. The summed E-state index contributed by atoms with van der Waals surface area (Å²) in [7, 11) is 2.06. The van der Waals surface area contributed by atoms with Gasteiger partial charge in [0.15, 0.2) is 0 Å². The van der Waals surface area contributed by atoms with Crippen molar-refractivity contribution in [2.24, 2.45) is 0 Å². The third-order valence-corrected chi connectivity index (χ3v) is 3.27. The molecule has 3 rings (SSSR count). The highest BCUT2D eigenvalue weighted by molar-refractivity contribution is 6.02. The number of nitrogens with zero attached hydrogens (tertiary/aromatic N) is 3. The first kappa shape index (κ1) is 11.6. The van der Waals surface area contributed by atoms with Gasteiger partial charge in [-0.25, -0.2) is 4.98 Å². The van der Waals surface area contributed by atoms with E-state index < -0.39 is 0 Å². The van der Waals surface area contributed by atoms with E-state index in [0.29, 0.717) is 5.69 Å². The van der Waals surface area contributed by atoms with E-state index in [4.69, 9.17) is 0 Å². The predicted molar refractivity (Wildman–Crippen MR) is 73.4 cm³/mol. The van der Waals surface area contributed by atoms with Crippen LogP contribution < -0.4 is 10.2 Å². The summed E-state index contributed by atoms with van der Waals surface area (Å²) in [5.74, 6) is -0.242. The van der Waals surface area contributed by atoms with E-state index in [1.165, 1.54) is 23.6 Å². The van der Waals surface area contributed by atoms with Gasteiger partial charge in [0.1, 0.15) is 5.69 Å². The van der Waals surface area contributed by atoms with Gasteiger partial charge in [0, 0.05) is 37.4 Å². The van der Waals surface area contributed by atoms with E-state index in [2.05, 4.69) is 33.3 Å². The van der Waals surface area contributed by atoms with Crippen molar-refractivity contribution in [3.05, 3.63) is 48.0 Å². The standard InChI is InChI=1S/C14H14N4O/c1-18-7-4-10-2-3-11(8-13(10)18)17-14(19)12-9-15-5-6-16-12/h2-3,5-6,8-9H,4,7H2,1H3,(H,17,19). The van der Waals surface area contributed by atoms with E-state index >= 15 is 0 Å². The number of rotatable bonds is 2. The van der Waals surface area contributed by atoms with Crippen LogP contribution in [0.3, 0.4) is 0 Å². The molecule has 1 aromatic carbocycles. The van der Waals surface area contributed by atoms with Crippen molar-refractivity contribution in [1.29, 1.82) is 0 Å². The normalized spacial score (nSPS) is 13.2. The molecule has 0 unspecified atom stereocenters. The van der Waals surface area contributed by atoms with Gasteiger partial charge >= 0.3 is 0 Å². The minimum Gasteiger partial charge on any atom is -0.374 e. The highest BCUT2D eigenvalue weighted by atomic mass is 16.1. The van der Waals surface area contributed by atoms with Crippen LogP contribution in [0.1, 0.15) is 16.1 Å². The highest BCUT2D eigenvalue weighted by Gasteiger charge is 2.16. The smallest absolute Gasteiger partial charge is 0.275 e. The Balaban J connectivity index is 1.81. The predicted octanol–water partition coefficient (Wildman–Crippen LogP) is 1.72. The Bertz CT molecular complexity index is 612. The van der Waals surface area contributed by atoms with Gasteiger partial charge in [-0.05, 0) is 24.1 Å². The lowest BCUT2D eigenvalue weighted by Crippen LogP contribution is -2.15. The number of carbonyl (C=O) groups excluding carboxylic acids is 1. The third-order valence-electron chi connectivity index (χ3n) is 3.27. The van der Waals surface area contributed by atoms with Crippen molar-refractivity contribution in [3.63, 3.8) is 0 Å². The van der Waals surface area contributed by atoms with Gasteiger partial charge in [-0.2, -0.15) is 0 Å². The molecule has 1 amide bonds. The van der Waals surface area contributed by atoms with Crippen molar-refractivity contribution in [2.75, 3.05) is 23.8 Å². The fourth-order valence-electron chi connectivity index (χ4n) is 2.23. The highest BCUT2D eigenvalue weighted by Crippen LogP contribution is 2.29. The second kappa shape index (κ2) is 4.68. The topological polar surface area (TPSA) is 58.1 Å². The molecule has 2 heterocycles. The van der Waals surface area contributed by atoms with Crippen LogP contribution in [-0.4, -0.2) is 29.5 Å². The average molecular weight is 254 g/mol. The Hall–Kier alpha value is -2.43. The number of hydrogen-bond acceptors (Lipinski definition) is 4. The molecule has 0 saturated heterocycles. The van der Waals surface area contributed by atoms with Crippen LogP contribution in [0.4, 0.5) is 11.4 Å². The Labute approximate surface area is 111 Å². The SMILES string of the molecule is CN1CCc2ccc(NC(=O)c3cnccn3)cc21. The van der Waals surface area contributed by atoms with E-state index in [1.807, 2.05) is 12.1 Å². The summed E-state index contributed by atoms with van der Waals surface area (Å²) >= 11 is 0. The number of nitrogens with one attached hydrogen (secondary N) is 1. The average Bonchev–Trinajstić information content (AvgIpc) is 2.81. The summed E-state index contributed by atoms with van der Waals surface area (Å²) in [6.07, 6.45) is 5.56. The van der Waals surface area contributed by atoms with Gasteiger partial charge in [0.2, 0.25) is 0 Å². The summed E-state index contributed by atoms with van der Waals surface area (Å²) in [6, 6.07) is 5.98. The number of likely N-dealkylation sites (N-methyl/N-ethyl adjacent to an activating group) is 1. The third kappa shape index (κ3) is 2.27. The maximum Gasteiger partial charge on any atom is 0.275 e. The zero-order chi connectivity index (χ0) is 13.2. The molecule has 0 fully saturated rings. The van der Waals surface area contributed by atoms with E-state index in [0.717, 1.165) is 18.7 Å². The summed E-state index contributed by atoms with van der Waals surface area (Å²) in [4.78, 5) is 22.0. The number of aromatic nitrogens is 2. The van der Waals surface area contributed by atoms with Crippen molar-refractivity contribution >= 4 is 17.3 Å². The Morgan fingerprint density at radius 3 is 3.05 bits per heavy atom. The van der Waals surface area contributed by atoms with Crippen LogP contribution in [0.25, 0.3) is 0 Å². The maximum absolute atomic E-state index is 12.0. The summed E-state index contributed by atoms with van der Waals surface area (Å²) < 4.78 is 0. The van der Waals surface area contributed by atoms with Crippen LogP contribution >= 0.6 is 0 Å². The van der Waals surface area contributed by atoms with Crippen molar-refractivity contribution in [2.45, 2.75) is 6.42 Å². The molecule has 0 spiro atoms. The first-order valence-corrected chi connectivity index (χ1v) is 6.15. The Morgan fingerprint density at radius 2 is 2.26 bits per heavy atom. The van der Waals surface area contributed by atoms with Crippen LogP contribution in [0.15, 0.2) is 36.8 Å². The number of fused-ring (bicyclic) bond motifs is 1. The fraction of sp³-hybridized carbons (Fsp3) is 0.214. The van der Waals surface area contributed by atoms with Crippen molar-refractivity contribution in [1.82, 2.24) is 9.97 Å². The van der Waals surface area contributed by atoms with Crippen molar-refractivity contribution < 1.29 is 4.79 Å². The van der Waals surface area contributed by atoms with Crippen molar-refractivity contribution in [3.8, 4) is 0 Å². The van der Waals surface area contributed by atoms with E-state index in [1.54, 1.807) is 6.20 Å². The molecule has 0 radical (unpaired) electrons. The first-order valence-electron chi connectivity index (χ1n) is 6.15. The van der Waals surface area contributed by atoms with Gasteiger partial charge in [0.25, 0.3) is 5.91 Å². The van der Waals surface area contributed by atoms with Gasteiger partial charge in [0.05, 0.1) is 6.20 Å². The maximum atomic E-state index is 12.0. The molecular weight excluding hydrogens is 240 g/mol. The molecule has 2 aromatic rings. The molecule has 0 atom stereocenters. The molecule has 0 saturated carbocycles. The zero-order valence-corrected chi connectivity index (χ0v) is 10.6. The number of hydrogen-bond donors (Lipinski definition) is 1. The molecule has 0 bridgehead atoms. The number of amides is 1. The lowest BCUT2D eigenvalue weighted by Gasteiger charge is -2.13. The second-order valence-electron chi connectivity index (χ2n) is 4.56. The molecule has 96 valence electrons. The van der Waals surface area contributed by atoms with Crippen LogP contribution in [0.5, 0.6) is 0 Å².